The number of nitrogens with zero attached hydrogens (tertiary/aromatic N) is 1. The second-order valence-corrected chi connectivity index (χ2v) is 3.87. The maximum Gasteiger partial charge on any atom is 0.278 e. The fraction of sp³-hybridized carbons (Fsp3) is 0.100. The SMILES string of the molecule is Cc1csc(Oc2ccc(N)cc2F)n1.Cl.Cl. The Hall–Kier alpha value is -1.04. The number of aromatic nitrogens is 1. The average Bonchev–Trinajstić information content (AvgIpc) is 2.56. The third-order valence-electron chi connectivity index (χ3n) is 1.75. The maximum atomic E-state index is 13.3. The summed E-state index contributed by atoms with van der Waals surface area (Å²) < 4.78 is 18.6. The van der Waals surface area contributed by atoms with Crippen molar-refractivity contribution in [3.05, 3.63) is 35.1 Å². The molecule has 17 heavy (non-hydrogen) atoms. The molecule has 0 fully saturated rings. The van der Waals surface area contributed by atoms with E-state index in [1.54, 1.807) is 6.07 Å². The van der Waals surface area contributed by atoms with Crippen molar-refractivity contribution in [2.24, 2.45) is 0 Å². The van der Waals surface area contributed by atoms with E-state index in [-0.39, 0.29) is 30.6 Å². The molecule has 0 unspecified atom stereocenters. The maximum absolute atomic E-state index is 13.3. The molecule has 0 spiro atoms. The number of anilines is 1. The number of hydrogen-bond acceptors (Lipinski definition) is 4. The Morgan fingerprint density at radius 1 is 1.35 bits per heavy atom. The molecule has 1 heterocycles. The Kier molecular flexibility index (Phi) is 6.23. The summed E-state index contributed by atoms with van der Waals surface area (Å²) in [4.78, 5) is 4.07. The number of thiazole rings is 1. The lowest BCUT2D eigenvalue weighted by Crippen LogP contribution is -1.91. The Labute approximate surface area is 115 Å². The van der Waals surface area contributed by atoms with E-state index in [2.05, 4.69) is 4.98 Å². The molecule has 0 bridgehead atoms. The Balaban J connectivity index is 0.00000128. The summed E-state index contributed by atoms with van der Waals surface area (Å²) in [6.45, 7) is 1.85. The number of nitrogen functional groups attached to an aromatic ring is 1. The summed E-state index contributed by atoms with van der Waals surface area (Å²) in [5.74, 6) is -0.346. The number of hydrogen-bond donors (Lipinski definition) is 1. The normalized spacial score (nSPS) is 9.06. The van der Waals surface area contributed by atoms with Crippen molar-refractivity contribution >= 4 is 41.8 Å². The van der Waals surface area contributed by atoms with Gasteiger partial charge < -0.3 is 10.5 Å². The molecule has 0 saturated heterocycles. The fourth-order valence-electron chi connectivity index (χ4n) is 1.07. The van der Waals surface area contributed by atoms with Gasteiger partial charge in [0.05, 0.1) is 5.69 Å². The van der Waals surface area contributed by atoms with E-state index in [1.807, 2.05) is 12.3 Å². The van der Waals surface area contributed by atoms with Crippen LogP contribution in [0.2, 0.25) is 0 Å². The molecule has 0 radical (unpaired) electrons. The van der Waals surface area contributed by atoms with Gasteiger partial charge in [-0.3, -0.25) is 0 Å². The number of rotatable bonds is 2. The van der Waals surface area contributed by atoms with Crippen molar-refractivity contribution in [1.29, 1.82) is 0 Å². The van der Waals surface area contributed by atoms with Gasteiger partial charge in [-0.05, 0) is 19.1 Å². The van der Waals surface area contributed by atoms with Gasteiger partial charge in [-0.2, -0.15) is 0 Å². The quantitative estimate of drug-likeness (QED) is 0.857. The second-order valence-electron chi connectivity index (χ2n) is 3.05. The molecule has 0 aliphatic carbocycles. The van der Waals surface area contributed by atoms with Crippen molar-refractivity contribution in [3.8, 4) is 10.9 Å². The minimum absolute atomic E-state index is 0. The van der Waals surface area contributed by atoms with Crippen molar-refractivity contribution in [2.75, 3.05) is 5.73 Å². The predicted molar refractivity (Wildman–Crippen MR) is 72.2 cm³/mol. The molecule has 0 atom stereocenters. The molecule has 2 aromatic rings. The van der Waals surface area contributed by atoms with Gasteiger partial charge in [-0.25, -0.2) is 9.37 Å². The number of benzene rings is 1. The lowest BCUT2D eigenvalue weighted by Gasteiger charge is -2.03. The number of aryl methyl sites for hydroxylation is 1. The topological polar surface area (TPSA) is 48.1 Å². The van der Waals surface area contributed by atoms with Crippen LogP contribution >= 0.6 is 36.2 Å². The number of ether oxygens (including phenoxy) is 1. The monoisotopic (exact) mass is 296 g/mol. The van der Waals surface area contributed by atoms with E-state index < -0.39 is 5.82 Å². The first-order chi connectivity index (χ1) is 7.15. The van der Waals surface area contributed by atoms with Crippen LogP contribution in [-0.4, -0.2) is 4.98 Å². The zero-order valence-electron chi connectivity index (χ0n) is 8.84. The summed E-state index contributed by atoms with van der Waals surface area (Å²) in [6, 6.07) is 4.29. The van der Waals surface area contributed by atoms with E-state index >= 15 is 0 Å². The van der Waals surface area contributed by atoms with E-state index in [4.69, 9.17) is 10.5 Å². The highest BCUT2D eigenvalue weighted by Crippen LogP contribution is 2.27. The highest BCUT2D eigenvalue weighted by atomic mass is 35.5. The summed E-state index contributed by atoms with van der Waals surface area (Å²) in [5.41, 5.74) is 6.64. The number of halogens is 3. The Bertz CT molecular complexity index is 493. The molecule has 0 amide bonds. The van der Waals surface area contributed by atoms with Crippen molar-refractivity contribution in [1.82, 2.24) is 4.98 Å². The summed E-state index contributed by atoms with van der Waals surface area (Å²) in [6.07, 6.45) is 0. The molecule has 2 rings (SSSR count). The van der Waals surface area contributed by atoms with Crippen LogP contribution in [0.3, 0.4) is 0 Å². The number of nitrogens with two attached hydrogens (primary N) is 1. The fourth-order valence-corrected chi connectivity index (χ4v) is 1.73. The second kappa shape index (κ2) is 6.64. The van der Waals surface area contributed by atoms with Crippen molar-refractivity contribution in [2.45, 2.75) is 6.92 Å². The van der Waals surface area contributed by atoms with Gasteiger partial charge in [0.2, 0.25) is 0 Å². The summed E-state index contributed by atoms with van der Waals surface area (Å²) in [5, 5.41) is 2.26. The largest absolute Gasteiger partial charge is 0.428 e. The zero-order valence-corrected chi connectivity index (χ0v) is 11.3. The third-order valence-corrected chi connectivity index (χ3v) is 2.59. The highest BCUT2D eigenvalue weighted by Gasteiger charge is 2.07. The van der Waals surface area contributed by atoms with Gasteiger partial charge in [-0.1, -0.05) is 11.3 Å². The minimum Gasteiger partial charge on any atom is -0.428 e. The molecule has 2 N–H and O–H groups in total. The summed E-state index contributed by atoms with van der Waals surface area (Å²) >= 11 is 1.33. The van der Waals surface area contributed by atoms with Crippen LogP contribution in [-0.2, 0) is 0 Å². The van der Waals surface area contributed by atoms with Gasteiger partial charge >= 0.3 is 0 Å². The molecule has 1 aromatic heterocycles. The molecule has 3 nitrogen and oxygen atoms in total. The molecule has 94 valence electrons. The van der Waals surface area contributed by atoms with Gasteiger partial charge in [-0.15, -0.1) is 24.8 Å². The van der Waals surface area contributed by atoms with Gasteiger partial charge in [0.1, 0.15) is 0 Å². The van der Waals surface area contributed by atoms with Gasteiger partial charge in [0.25, 0.3) is 5.19 Å². The molecule has 0 saturated carbocycles. The van der Waals surface area contributed by atoms with E-state index in [1.165, 1.54) is 23.5 Å². The van der Waals surface area contributed by atoms with E-state index in [9.17, 15) is 4.39 Å². The Morgan fingerprint density at radius 3 is 2.59 bits per heavy atom. The first-order valence-corrected chi connectivity index (χ1v) is 5.18. The van der Waals surface area contributed by atoms with Gasteiger partial charge in [0, 0.05) is 17.1 Å². The van der Waals surface area contributed by atoms with E-state index in [0.29, 0.717) is 10.9 Å². The minimum atomic E-state index is -0.483. The van der Waals surface area contributed by atoms with Gasteiger partial charge in [0.15, 0.2) is 11.6 Å². The van der Waals surface area contributed by atoms with Crippen LogP contribution in [0.1, 0.15) is 5.69 Å². The molecular weight excluding hydrogens is 286 g/mol. The zero-order chi connectivity index (χ0) is 10.8. The van der Waals surface area contributed by atoms with Crippen LogP contribution in [0.4, 0.5) is 10.1 Å². The summed E-state index contributed by atoms with van der Waals surface area (Å²) in [7, 11) is 0. The first kappa shape index (κ1) is 16.0. The van der Waals surface area contributed by atoms with Crippen LogP contribution in [0.15, 0.2) is 23.6 Å². The molecule has 0 aliphatic heterocycles. The average molecular weight is 297 g/mol. The van der Waals surface area contributed by atoms with Crippen molar-refractivity contribution < 1.29 is 9.13 Å². The standard InChI is InChI=1S/C10H9FN2OS.2ClH/c1-6-5-15-10(13-6)14-9-3-2-7(12)4-8(9)11;;/h2-5H,12H2,1H3;2*1H. The lowest BCUT2D eigenvalue weighted by atomic mass is 10.3. The van der Waals surface area contributed by atoms with Crippen molar-refractivity contribution in [3.63, 3.8) is 0 Å². The first-order valence-electron chi connectivity index (χ1n) is 4.30. The van der Waals surface area contributed by atoms with Crippen LogP contribution in [0.25, 0.3) is 0 Å². The Morgan fingerprint density at radius 2 is 2.06 bits per heavy atom. The van der Waals surface area contributed by atoms with Crippen LogP contribution in [0, 0.1) is 12.7 Å². The third kappa shape index (κ3) is 4.03. The highest BCUT2D eigenvalue weighted by molar-refractivity contribution is 7.11. The predicted octanol–water partition coefficient (Wildman–Crippen LogP) is 3.81. The van der Waals surface area contributed by atoms with Crippen LogP contribution in [0.5, 0.6) is 10.9 Å². The lowest BCUT2D eigenvalue weighted by molar-refractivity contribution is 0.439. The van der Waals surface area contributed by atoms with E-state index in [0.717, 1.165) is 5.69 Å². The molecule has 7 heteroatoms. The molecule has 1 aromatic carbocycles. The molecule has 0 aliphatic rings. The van der Waals surface area contributed by atoms with Crippen LogP contribution < -0.4 is 10.5 Å². The smallest absolute Gasteiger partial charge is 0.278 e. The molecular formula is C10H11Cl2FN2OS.